The Labute approximate surface area is 120 Å². The number of carbonyl (C=O) groups excluding carboxylic acids is 1. The summed E-state index contributed by atoms with van der Waals surface area (Å²) < 4.78 is 13.4. The number of aryl methyl sites for hydroxylation is 1. The van der Waals surface area contributed by atoms with Crippen LogP contribution in [0.3, 0.4) is 0 Å². The van der Waals surface area contributed by atoms with Gasteiger partial charge in [0.2, 0.25) is 0 Å². The first-order valence-corrected chi connectivity index (χ1v) is 6.31. The Morgan fingerprint density at radius 1 is 1.38 bits per heavy atom. The van der Waals surface area contributed by atoms with Crippen molar-refractivity contribution in [2.75, 3.05) is 5.32 Å². The number of aromatic carboxylic acids is 1. The van der Waals surface area contributed by atoms with Crippen LogP contribution in [-0.4, -0.2) is 27.2 Å². The van der Waals surface area contributed by atoms with Crippen LogP contribution in [-0.2, 0) is 6.42 Å². The van der Waals surface area contributed by atoms with Gasteiger partial charge in [-0.25, -0.2) is 9.18 Å². The molecule has 3 N–H and O–H groups in total. The fraction of sp³-hybridized carbons (Fsp3) is 0.214. The number of aromatic amines is 1. The third-order valence-corrected chi connectivity index (χ3v) is 3.05. The van der Waals surface area contributed by atoms with Crippen molar-refractivity contribution in [1.82, 2.24) is 10.2 Å². The molecule has 0 saturated carbocycles. The van der Waals surface area contributed by atoms with Gasteiger partial charge in [0.1, 0.15) is 5.82 Å². The smallest absolute Gasteiger partial charge is 0.335 e. The predicted octanol–water partition coefficient (Wildman–Crippen LogP) is 2.37. The number of carbonyl (C=O) groups is 2. The highest BCUT2D eigenvalue weighted by Gasteiger charge is 2.17. The van der Waals surface area contributed by atoms with Gasteiger partial charge in [-0.1, -0.05) is 6.92 Å². The lowest BCUT2D eigenvalue weighted by molar-refractivity contribution is 0.0696. The van der Waals surface area contributed by atoms with Crippen LogP contribution >= 0.6 is 0 Å². The summed E-state index contributed by atoms with van der Waals surface area (Å²) in [4.78, 5) is 23.0. The number of hydrogen-bond acceptors (Lipinski definition) is 3. The van der Waals surface area contributed by atoms with E-state index in [2.05, 4.69) is 15.5 Å². The lowest BCUT2D eigenvalue weighted by atomic mass is 10.1. The summed E-state index contributed by atoms with van der Waals surface area (Å²) in [5.74, 6) is -2.52. The molecule has 2 aromatic rings. The second kappa shape index (κ2) is 5.74. The van der Waals surface area contributed by atoms with Crippen LogP contribution in [0.1, 0.15) is 39.0 Å². The van der Waals surface area contributed by atoms with Gasteiger partial charge in [0.25, 0.3) is 5.91 Å². The van der Waals surface area contributed by atoms with Crippen molar-refractivity contribution < 1.29 is 19.1 Å². The van der Waals surface area contributed by atoms with Crippen LogP contribution in [0.25, 0.3) is 0 Å². The summed E-state index contributed by atoms with van der Waals surface area (Å²) in [6, 6.07) is 3.12. The van der Waals surface area contributed by atoms with Crippen molar-refractivity contribution in [2.24, 2.45) is 0 Å². The number of anilines is 1. The molecule has 0 fully saturated rings. The zero-order valence-electron chi connectivity index (χ0n) is 11.5. The second-order valence-electron chi connectivity index (χ2n) is 4.52. The molecular formula is C14H14FN3O3. The zero-order valence-corrected chi connectivity index (χ0v) is 11.5. The van der Waals surface area contributed by atoms with E-state index < -0.39 is 17.7 Å². The van der Waals surface area contributed by atoms with Crippen molar-refractivity contribution in [1.29, 1.82) is 0 Å². The van der Waals surface area contributed by atoms with Gasteiger partial charge in [0.05, 0.1) is 5.56 Å². The first-order valence-electron chi connectivity index (χ1n) is 6.31. The third-order valence-electron chi connectivity index (χ3n) is 3.05. The zero-order chi connectivity index (χ0) is 15.6. The molecule has 0 unspecified atom stereocenters. The molecule has 7 heteroatoms. The predicted molar refractivity (Wildman–Crippen MR) is 74.0 cm³/mol. The van der Waals surface area contributed by atoms with Gasteiger partial charge in [-0.05, 0) is 31.5 Å². The number of halogens is 1. The summed E-state index contributed by atoms with van der Waals surface area (Å²) in [7, 11) is 0. The quantitative estimate of drug-likeness (QED) is 0.806. The number of nitrogens with zero attached hydrogens (tertiary/aromatic N) is 1. The summed E-state index contributed by atoms with van der Waals surface area (Å²) >= 11 is 0. The van der Waals surface area contributed by atoms with Crippen LogP contribution in [0.2, 0.25) is 0 Å². The molecule has 1 heterocycles. The van der Waals surface area contributed by atoms with E-state index in [0.717, 1.165) is 23.4 Å². The molecule has 0 saturated heterocycles. The SMILES string of the molecule is CCc1c(C(=O)Nc2cc(F)cc(C(=O)O)c2)n[nH]c1C. The largest absolute Gasteiger partial charge is 0.478 e. The topological polar surface area (TPSA) is 95.1 Å². The van der Waals surface area contributed by atoms with Crippen molar-refractivity contribution in [2.45, 2.75) is 20.3 Å². The van der Waals surface area contributed by atoms with E-state index >= 15 is 0 Å². The number of carboxylic acid groups (broad SMARTS) is 1. The molecule has 1 aromatic carbocycles. The molecule has 21 heavy (non-hydrogen) atoms. The fourth-order valence-electron chi connectivity index (χ4n) is 2.05. The number of benzene rings is 1. The molecule has 0 aliphatic carbocycles. The molecular weight excluding hydrogens is 277 g/mol. The van der Waals surface area contributed by atoms with Gasteiger partial charge in [-0.15, -0.1) is 0 Å². The van der Waals surface area contributed by atoms with E-state index in [1.165, 1.54) is 6.07 Å². The van der Waals surface area contributed by atoms with Crippen LogP contribution in [0.4, 0.5) is 10.1 Å². The maximum atomic E-state index is 13.4. The van der Waals surface area contributed by atoms with Gasteiger partial charge in [-0.3, -0.25) is 9.89 Å². The molecule has 6 nitrogen and oxygen atoms in total. The van der Waals surface area contributed by atoms with E-state index in [9.17, 15) is 14.0 Å². The van der Waals surface area contributed by atoms with E-state index in [4.69, 9.17) is 5.11 Å². The van der Waals surface area contributed by atoms with Crippen molar-refractivity contribution >= 4 is 17.6 Å². The summed E-state index contributed by atoms with van der Waals surface area (Å²) in [5, 5.41) is 18.0. The number of carboxylic acids is 1. The number of amides is 1. The Morgan fingerprint density at radius 3 is 2.71 bits per heavy atom. The van der Waals surface area contributed by atoms with Crippen molar-refractivity contribution in [3.05, 3.63) is 46.5 Å². The van der Waals surface area contributed by atoms with E-state index in [1.54, 1.807) is 6.92 Å². The van der Waals surface area contributed by atoms with Crippen LogP contribution in [0, 0.1) is 12.7 Å². The van der Waals surface area contributed by atoms with Gasteiger partial charge >= 0.3 is 5.97 Å². The van der Waals surface area contributed by atoms with Gasteiger partial charge in [0.15, 0.2) is 5.69 Å². The standard InChI is InChI=1S/C14H14FN3O3/c1-3-11-7(2)17-18-12(11)13(19)16-10-5-8(14(20)21)4-9(15)6-10/h4-6H,3H2,1-2H3,(H,16,19)(H,17,18)(H,20,21). The highest BCUT2D eigenvalue weighted by molar-refractivity contribution is 6.04. The highest BCUT2D eigenvalue weighted by Crippen LogP contribution is 2.17. The first kappa shape index (κ1) is 14.7. The highest BCUT2D eigenvalue weighted by atomic mass is 19.1. The van der Waals surface area contributed by atoms with Crippen molar-refractivity contribution in [3.63, 3.8) is 0 Å². The molecule has 0 radical (unpaired) electrons. The number of rotatable bonds is 4. The molecule has 110 valence electrons. The van der Waals surface area contributed by atoms with Gasteiger partial charge in [-0.2, -0.15) is 5.10 Å². The summed E-state index contributed by atoms with van der Waals surface area (Å²) in [6.07, 6.45) is 0.620. The number of H-pyrrole nitrogens is 1. The molecule has 0 aliphatic rings. The minimum Gasteiger partial charge on any atom is -0.478 e. The van der Waals surface area contributed by atoms with Crippen LogP contribution in [0.15, 0.2) is 18.2 Å². The minimum atomic E-state index is -1.27. The monoisotopic (exact) mass is 291 g/mol. The van der Waals surface area contributed by atoms with E-state index in [0.29, 0.717) is 6.42 Å². The Hall–Kier alpha value is -2.70. The Balaban J connectivity index is 2.29. The number of nitrogens with one attached hydrogen (secondary N) is 2. The lowest BCUT2D eigenvalue weighted by Crippen LogP contribution is -2.15. The molecule has 1 amide bonds. The van der Waals surface area contributed by atoms with E-state index in [-0.39, 0.29) is 16.9 Å². The molecule has 0 spiro atoms. The third kappa shape index (κ3) is 3.07. The number of aromatic nitrogens is 2. The van der Waals surface area contributed by atoms with Crippen molar-refractivity contribution in [3.8, 4) is 0 Å². The van der Waals surface area contributed by atoms with Crippen LogP contribution in [0.5, 0.6) is 0 Å². The first-order chi connectivity index (χ1) is 9.92. The molecule has 0 aliphatic heterocycles. The Bertz CT molecular complexity index is 709. The fourth-order valence-corrected chi connectivity index (χ4v) is 2.05. The van der Waals surface area contributed by atoms with Gasteiger partial charge < -0.3 is 10.4 Å². The summed E-state index contributed by atoms with van der Waals surface area (Å²) in [6.45, 7) is 3.69. The molecule has 1 aromatic heterocycles. The average molecular weight is 291 g/mol. The molecule has 0 bridgehead atoms. The Kier molecular flexibility index (Phi) is 4.02. The lowest BCUT2D eigenvalue weighted by Gasteiger charge is -2.06. The summed E-state index contributed by atoms with van der Waals surface area (Å²) in [5.41, 5.74) is 1.60. The Morgan fingerprint density at radius 2 is 2.10 bits per heavy atom. The average Bonchev–Trinajstić information content (AvgIpc) is 2.79. The minimum absolute atomic E-state index is 0.0695. The maximum Gasteiger partial charge on any atom is 0.335 e. The normalized spacial score (nSPS) is 10.4. The number of hydrogen-bond donors (Lipinski definition) is 3. The second-order valence-corrected chi connectivity index (χ2v) is 4.52. The molecule has 0 atom stereocenters. The van der Waals surface area contributed by atoms with E-state index in [1.807, 2.05) is 6.92 Å². The van der Waals surface area contributed by atoms with Gasteiger partial charge in [0, 0.05) is 16.9 Å². The van der Waals surface area contributed by atoms with Crippen LogP contribution < -0.4 is 5.32 Å². The maximum absolute atomic E-state index is 13.4. The molecule has 2 rings (SSSR count).